The van der Waals surface area contributed by atoms with Gasteiger partial charge in [0.1, 0.15) is 5.75 Å². The van der Waals surface area contributed by atoms with Crippen LogP contribution in [0.25, 0.3) is 11.1 Å². The summed E-state index contributed by atoms with van der Waals surface area (Å²) in [5, 5.41) is 13.0. The molecule has 160 valence electrons. The van der Waals surface area contributed by atoms with Crippen LogP contribution < -0.4 is 9.64 Å². The van der Waals surface area contributed by atoms with Crippen LogP contribution in [0.3, 0.4) is 0 Å². The average molecular weight is 407 g/mol. The maximum Gasteiger partial charge on any atom is 0.132 e. The minimum atomic E-state index is 0.352. The van der Waals surface area contributed by atoms with Crippen molar-refractivity contribution in [1.82, 2.24) is 9.78 Å². The molecule has 2 aliphatic carbocycles. The molecule has 0 unspecified atom stereocenters. The lowest BCUT2D eigenvalue weighted by molar-refractivity contribution is 0.208. The van der Waals surface area contributed by atoms with Gasteiger partial charge in [-0.3, -0.25) is 10.1 Å². The Labute approximate surface area is 179 Å². The van der Waals surface area contributed by atoms with E-state index >= 15 is 0 Å². The fourth-order valence-corrected chi connectivity index (χ4v) is 5.28. The first-order chi connectivity index (χ1) is 14.6. The van der Waals surface area contributed by atoms with Gasteiger partial charge in [-0.2, -0.15) is 5.10 Å². The zero-order valence-corrected chi connectivity index (χ0v) is 18.4. The molecule has 30 heavy (non-hydrogen) atoms. The molecule has 0 saturated heterocycles. The second kappa shape index (κ2) is 8.09. The zero-order chi connectivity index (χ0) is 20.7. The molecule has 1 atom stereocenters. The van der Waals surface area contributed by atoms with Gasteiger partial charge in [-0.1, -0.05) is 19.3 Å². The van der Waals surface area contributed by atoms with E-state index in [4.69, 9.17) is 10.1 Å². The molecule has 1 N–H and O–H groups in total. The lowest BCUT2D eigenvalue weighted by Crippen LogP contribution is -2.40. The highest BCUT2D eigenvalue weighted by molar-refractivity contribution is 5.96. The Hall–Kier alpha value is -2.30. The number of aromatic nitrogens is 2. The highest BCUT2D eigenvalue weighted by atomic mass is 16.5. The predicted octanol–water partition coefficient (Wildman–Crippen LogP) is 5.98. The largest absolute Gasteiger partial charge is 0.492 e. The first-order valence-electron chi connectivity index (χ1n) is 11.8. The number of rotatable bonds is 5. The molecule has 2 heterocycles. The lowest BCUT2D eigenvalue weighted by Gasteiger charge is -2.37. The Morgan fingerprint density at radius 2 is 1.93 bits per heavy atom. The van der Waals surface area contributed by atoms with Crippen molar-refractivity contribution in [3.63, 3.8) is 0 Å². The molecule has 0 radical (unpaired) electrons. The van der Waals surface area contributed by atoms with Crippen LogP contribution in [0.1, 0.15) is 76.8 Å². The first-order valence-corrected chi connectivity index (χ1v) is 11.8. The maximum absolute atomic E-state index is 8.33. The minimum Gasteiger partial charge on any atom is -0.492 e. The van der Waals surface area contributed by atoms with Gasteiger partial charge in [0.2, 0.25) is 0 Å². The van der Waals surface area contributed by atoms with Crippen LogP contribution in [0.2, 0.25) is 0 Å². The van der Waals surface area contributed by atoms with Crippen LogP contribution >= 0.6 is 0 Å². The molecule has 1 aromatic heterocycles. The van der Waals surface area contributed by atoms with Crippen molar-refractivity contribution in [2.24, 2.45) is 5.92 Å². The first kappa shape index (κ1) is 19.7. The standard InChI is InChI=1S/C25H34N4O/c1-17-8-11-23-24(29(17)18(2)26)13-12-22(20-14-27-28(15-20)21-9-10-21)25(23)30-16-19-6-4-3-5-7-19/h12-15,17,19,21,26H,3-11,16H2,1-2H3/t17-/m0/s1. The molecule has 5 heteroatoms. The molecule has 5 nitrogen and oxygen atoms in total. The number of anilines is 1. The Bertz CT molecular complexity index is 923. The van der Waals surface area contributed by atoms with Crippen molar-refractivity contribution < 1.29 is 4.74 Å². The molecular formula is C25H34N4O. The van der Waals surface area contributed by atoms with E-state index in [1.807, 2.05) is 13.1 Å². The molecule has 2 fully saturated rings. The van der Waals surface area contributed by atoms with E-state index in [9.17, 15) is 0 Å². The fourth-order valence-electron chi connectivity index (χ4n) is 5.28. The van der Waals surface area contributed by atoms with Gasteiger partial charge in [0.05, 0.1) is 24.7 Å². The maximum atomic E-state index is 8.33. The summed E-state index contributed by atoms with van der Waals surface area (Å²) in [6.07, 6.45) is 15.3. The second-order valence-corrected chi connectivity index (χ2v) is 9.54. The predicted molar refractivity (Wildman–Crippen MR) is 122 cm³/mol. The molecular weight excluding hydrogens is 372 g/mol. The van der Waals surface area contributed by atoms with Crippen molar-refractivity contribution in [2.45, 2.75) is 83.7 Å². The summed E-state index contributed by atoms with van der Waals surface area (Å²) in [5.74, 6) is 2.31. The summed E-state index contributed by atoms with van der Waals surface area (Å²) < 4.78 is 8.76. The summed E-state index contributed by atoms with van der Waals surface area (Å²) in [6, 6.07) is 5.32. The summed E-state index contributed by atoms with van der Waals surface area (Å²) in [5.41, 5.74) is 4.74. The van der Waals surface area contributed by atoms with Crippen LogP contribution in [0, 0.1) is 11.3 Å². The number of nitrogens with one attached hydrogen (secondary N) is 1. The summed E-state index contributed by atoms with van der Waals surface area (Å²) >= 11 is 0. The molecule has 3 aliphatic rings. The molecule has 0 bridgehead atoms. The van der Waals surface area contributed by atoms with Gasteiger partial charge in [0.15, 0.2) is 0 Å². The smallest absolute Gasteiger partial charge is 0.132 e. The SMILES string of the molecule is CC(=N)N1c2ccc(-c3cnn(C4CC4)c3)c(OCC3CCCCC3)c2CC[C@@H]1C. The van der Waals surface area contributed by atoms with Crippen LogP contribution in [-0.4, -0.2) is 28.3 Å². The summed E-state index contributed by atoms with van der Waals surface area (Å²) in [4.78, 5) is 2.17. The third-order valence-electron chi connectivity index (χ3n) is 7.13. The van der Waals surface area contributed by atoms with Crippen molar-refractivity contribution in [3.05, 3.63) is 30.1 Å². The number of hydrogen-bond donors (Lipinski definition) is 1. The second-order valence-electron chi connectivity index (χ2n) is 9.54. The van der Waals surface area contributed by atoms with E-state index in [0.29, 0.717) is 23.8 Å². The van der Waals surface area contributed by atoms with Crippen molar-refractivity contribution in [2.75, 3.05) is 11.5 Å². The van der Waals surface area contributed by atoms with Gasteiger partial charge in [0, 0.05) is 34.6 Å². The highest BCUT2D eigenvalue weighted by Gasteiger charge is 2.30. The number of amidine groups is 1. The Morgan fingerprint density at radius 1 is 1.13 bits per heavy atom. The molecule has 1 aromatic carbocycles. The van der Waals surface area contributed by atoms with Gasteiger partial charge >= 0.3 is 0 Å². The lowest BCUT2D eigenvalue weighted by atomic mass is 9.89. The van der Waals surface area contributed by atoms with Gasteiger partial charge in [-0.25, -0.2) is 0 Å². The molecule has 0 amide bonds. The molecule has 2 saturated carbocycles. The molecule has 1 aliphatic heterocycles. The zero-order valence-electron chi connectivity index (χ0n) is 18.4. The van der Waals surface area contributed by atoms with E-state index < -0.39 is 0 Å². The van der Waals surface area contributed by atoms with Gasteiger partial charge in [-0.05, 0) is 70.4 Å². The molecule has 5 rings (SSSR count). The highest BCUT2D eigenvalue weighted by Crippen LogP contribution is 2.44. The van der Waals surface area contributed by atoms with Crippen LogP contribution in [0.5, 0.6) is 5.75 Å². The van der Waals surface area contributed by atoms with Gasteiger partial charge in [0.25, 0.3) is 0 Å². The van der Waals surface area contributed by atoms with Crippen molar-refractivity contribution >= 4 is 11.5 Å². The van der Waals surface area contributed by atoms with Crippen LogP contribution in [0.4, 0.5) is 5.69 Å². The molecule has 0 spiro atoms. The quantitative estimate of drug-likeness (QED) is 0.491. The number of hydrogen-bond acceptors (Lipinski definition) is 3. The van der Waals surface area contributed by atoms with E-state index in [2.05, 4.69) is 39.9 Å². The topological polar surface area (TPSA) is 54.1 Å². The Kier molecular flexibility index (Phi) is 5.30. The third-order valence-corrected chi connectivity index (χ3v) is 7.13. The van der Waals surface area contributed by atoms with E-state index in [1.165, 1.54) is 50.5 Å². The average Bonchev–Trinajstić information content (AvgIpc) is 3.49. The van der Waals surface area contributed by atoms with Crippen LogP contribution in [-0.2, 0) is 6.42 Å². The minimum absolute atomic E-state index is 0.352. The number of ether oxygens (including phenoxy) is 1. The van der Waals surface area contributed by atoms with Crippen LogP contribution in [0.15, 0.2) is 24.5 Å². The number of fused-ring (bicyclic) bond motifs is 1. The monoisotopic (exact) mass is 406 g/mol. The van der Waals surface area contributed by atoms with Gasteiger partial charge < -0.3 is 9.64 Å². The molecule has 2 aromatic rings. The third kappa shape index (κ3) is 3.75. The summed E-state index contributed by atoms with van der Waals surface area (Å²) in [7, 11) is 0. The summed E-state index contributed by atoms with van der Waals surface area (Å²) in [6.45, 7) is 4.91. The van der Waals surface area contributed by atoms with Gasteiger partial charge in [-0.15, -0.1) is 0 Å². The van der Waals surface area contributed by atoms with E-state index in [1.54, 1.807) is 0 Å². The Balaban J connectivity index is 1.52. The van der Waals surface area contributed by atoms with Crippen molar-refractivity contribution in [1.29, 1.82) is 5.41 Å². The number of benzene rings is 1. The normalized spacial score (nSPS) is 22.1. The van der Waals surface area contributed by atoms with E-state index in [0.717, 1.165) is 42.0 Å². The van der Waals surface area contributed by atoms with Crippen molar-refractivity contribution in [3.8, 4) is 16.9 Å². The number of nitrogens with zero attached hydrogens (tertiary/aromatic N) is 3. The Morgan fingerprint density at radius 3 is 2.67 bits per heavy atom. The van der Waals surface area contributed by atoms with E-state index in [-0.39, 0.29) is 0 Å². The fraction of sp³-hybridized carbons (Fsp3) is 0.600.